The van der Waals surface area contributed by atoms with E-state index in [0.29, 0.717) is 32.9 Å². The summed E-state index contributed by atoms with van der Waals surface area (Å²) in [6, 6.07) is 12.9. The van der Waals surface area contributed by atoms with Crippen molar-refractivity contribution in [1.82, 2.24) is 15.0 Å². The number of phenolic OH excluding ortho intramolecular Hbond substituents is 1. The number of benzene rings is 2. The zero-order valence-corrected chi connectivity index (χ0v) is 18.2. The van der Waals surface area contributed by atoms with E-state index in [-0.39, 0.29) is 5.75 Å². The molecule has 1 fully saturated rings. The highest BCUT2D eigenvalue weighted by atomic mass is 79.9. The lowest BCUT2D eigenvalue weighted by Gasteiger charge is -2.16. The van der Waals surface area contributed by atoms with Gasteiger partial charge < -0.3 is 15.3 Å². The maximum atomic E-state index is 10.1. The van der Waals surface area contributed by atoms with E-state index in [2.05, 4.69) is 51.6 Å². The number of aromatic nitrogens is 3. The highest BCUT2D eigenvalue weighted by Crippen LogP contribution is 2.30. The van der Waals surface area contributed by atoms with Gasteiger partial charge in [-0.15, -0.1) is 0 Å². The fourth-order valence-corrected chi connectivity index (χ4v) is 3.86. The Morgan fingerprint density at radius 1 is 1.07 bits per heavy atom. The molecule has 3 N–H and O–H groups in total. The number of para-hydroxylation sites is 1. The molecule has 0 amide bonds. The second-order valence-electron chi connectivity index (χ2n) is 6.66. The van der Waals surface area contributed by atoms with Gasteiger partial charge in [-0.05, 0) is 53.0 Å². The van der Waals surface area contributed by atoms with E-state index in [1.807, 2.05) is 30.3 Å². The van der Waals surface area contributed by atoms with Crippen LogP contribution in [0.1, 0.15) is 18.4 Å². The molecule has 0 spiro atoms. The fourth-order valence-electron chi connectivity index (χ4n) is 3.02. The number of aromatic hydroxyl groups is 1. The molecule has 4 rings (SSSR count). The molecule has 2 aromatic carbocycles. The molecule has 1 aliphatic heterocycles. The molecule has 0 radical (unpaired) electrons. The molecule has 1 saturated heterocycles. The third-order valence-electron chi connectivity index (χ3n) is 4.47. The number of anilines is 4. The number of halogens is 2. The van der Waals surface area contributed by atoms with Crippen molar-refractivity contribution in [1.29, 1.82) is 0 Å². The van der Waals surface area contributed by atoms with Gasteiger partial charge in [0.15, 0.2) is 0 Å². The summed E-state index contributed by atoms with van der Waals surface area (Å²) in [6.45, 7) is 1.81. The van der Waals surface area contributed by atoms with Crippen molar-refractivity contribution in [3.05, 3.63) is 57.5 Å². The van der Waals surface area contributed by atoms with Crippen molar-refractivity contribution >= 4 is 57.3 Å². The van der Waals surface area contributed by atoms with E-state index in [9.17, 15) is 5.11 Å². The number of rotatable bonds is 6. The zero-order valence-electron chi connectivity index (χ0n) is 15.9. The molecule has 0 atom stereocenters. The van der Waals surface area contributed by atoms with E-state index in [4.69, 9.17) is 11.6 Å². The number of hydrogen-bond donors (Lipinski definition) is 3. The molecule has 3 aromatic rings. The van der Waals surface area contributed by atoms with Gasteiger partial charge >= 0.3 is 0 Å². The number of hydrazone groups is 1. The summed E-state index contributed by atoms with van der Waals surface area (Å²) in [5.41, 5.74) is 4.15. The molecule has 30 heavy (non-hydrogen) atoms. The second-order valence-corrected chi connectivity index (χ2v) is 7.95. The molecule has 0 bridgehead atoms. The van der Waals surface area contributed by atoms with Crippen molar-refractivity contribution in [2.24, 2.45) is 5.10 Å². The van der Waals surface area contributed by atoms with Crippen molar-refractivity contribution in [3.8, 4) is 5.75 Å². The van der Waals surface area contributed by atoms with Gasteiger partial charge in [0.05, 0.1) is 10.7 Å². The Hall–Kier alpha value is -2.91. The van der Waals surface area contributed by atoms with Crippen LogP contribution in [0.15, 0.2) is 52.0 Å². The summed E-state index contributed by atoms with van der Waals surface area (Å²) in [6.07, 6.45) is 3.67. The maximum Gasteiger partial charge on any atom is 0.250 e. The first-order chi connectivity index (χ1) is 14.6. The molecular weight excluding hydrogens is 470 g/mol. The number of nitrogens with one attached hydrogen (secondary N) is 2. The molecule has 0 saturated carbocycles. The molecule has 10 heteroatoms. The van der Waals surface area contributed by atoms with E-state index in [1.54, 1.807) is 12.1 Å². The average molecular weight is 489 g/mol. The SMILES string of the molecule is Oc1c(Br)cc(Cl)cc1/C=N\Nc1nc(Nc2ccccc2)nc(N2CCCC2)n1. The van der Waals surface area contributed by atoms with Gasteiger partial charge in [-0.25, -0.2) is 5.43 Å². The minimum Gasteiger partial charge on any atom is -0.506 e. The Bertz CT molecular complexity index is 1060. The van der Waals surface area contributed by atoms with E-state index >= 15 is 0 Å². The molecule has 0 unspecified atom stereocenters. The van der Waals surface area contributed by atoms with Crippen molar-refractivity contribution in [2.45, 2.75) is 12.8 Å². The van der Waals surface area contributed by atoms with Crippen LogP contribution in [0.25, 0.3) is 0 Å². The molecule has 154 valence electrons. The standard InChI is InChI=1S/C20H19BrClN7O/c21-16-11-14(22)10-13(17(16)30)12-23-28-19-25-18(24-15-6-2-1-3-7-15)26-20(27-19)29-8-4-5-9-29/h1-3,6-7,10-12,30H,4-5,8-9H2,(H2,24,25,26,27,28)/b23-12-. The van der Waals surface area contributed by atoms with Gasteiger partial charge in [0, 0.05) is 29.4 Å². The highest BCUT2D eigenvalue weighted by Gasteiger charge is 2.17. The van der Waals surface area contributed by atoms with Crippen LogP contribution < -0.4 is 15.6 Å². The highest BCUT2D eigenvalue weighted by molar-refractivity contribution is 9.10. The summed E-state index contributed by atoms with van der Waals surface area (Å²) >= 11 is 9.30. The van der Waals surface area contributed by atoms with Crippen molar-refractivity contribution in [2.75, 3.05) is 28.7 Å². The lowest BCUT2D eigenvalue weighted by Crippen LogP contribution is -2.21. The molecule has 8 nitrogen and oxygen atoms in total. The summed E-state index contributed by atoms with van der Waals surface area (Å²) in [7, 11) is 0. The Kier molecular flexibility index (Phi) is 6.29. The van der Waals surface area contributed by atoms with Gasteiger partial charge in [-0.3, -0.25) is 0 Å². The van der Waals surface area contributed by atoms with Gasteiger partial charge in [-0.2, -0.15) is 20.1 Å². The minimum absolute atomic E-state index is 0.0461. The zero-order chi connectivity index (χ0) is 20.9. The van der Waals surface area contributed by atoms with Crippen LogP contribution in [0.5, 0.6) is 5.75 Å². The number of nitrogens with zero attached hydrogens (tertiary/aromatic N) is 5. The maximum absolute atomic E-state index is 10.1. The van der Waals surface area contributed by atoms with Gasteiger partial charge in [-0.1, -0.05) is 29.8 Å². The Morgan fingerprint density at radius 3 is 2.57 bits per heavy atom. The number of hydrogen-bond acceptors (Lipinski definition) is 8. The van der Waals surface area contributed by atoms with Crippen molar-refractivity contribution in [3.63, 3.8) is 0 Å². The first kappa shape index (κ1) is 20.4. The summed E-state index contributed by atoms with van der Waals surface area (Å²) in [4.78, 5) is 15.6. The normalized spacial score (nSPS) is 13.7. The first-order valence-corrected chi connectivity index (χ1v) is 10.6. The third kappa shape index (κ3) is 4.98. The Morgan fingerprint density at radius 2 is 1.80 bits per heavy atom. The molecule has 1 aromatic heterocycles. The lowest BCUT2D eigenvalue weighted by atomic mass is 10.2. The third-order valence-corrected chi connectivity index (χ3v) is 5.29. The minimum atomic E-state index is 0.0461. The van der Waals surface area contributed by atoms with Crippen LogP contribution >= 0.6 is 27.5 Å². The monoisotopic (exact) mass is 487 g/mol. The van der Waals surface area contributed by atoms with E-state index in [1.165, 1.54) is 6.21 Å². The Labute approximate surface area is 187 Å². The van der Waals surface area contributed by atoms with Crippen LogP contribution in [-0.4, -0.2) is 39.4 Å². The van der Waals surface area contributed by atoms with Crippen LogP contribution in [-0.2, 0) is 0 Å². The summed E-state index contributed by atoms with van der Waals surface area (Å²) in [5.74, 6) is 1.35. The molecule has 1 aliphatic rings. The fraction of sp³-hybridized carbons (Fsp3) is 0.200. The first-order valence-electron chi connectivity index (χ1n) is 9.39. The topological polar surface area (TPSA) is 98.6 Å². The largest absolute Gasteiger partial charge is 0.506 e. The van der Waals surface area contributed by atoms with E-state index < -0.39 is 0 Å². The Balaban J connectivity index is 1.58. The van der Waals surface area contributed by atoms with Gasteiger partial charge in [0.1, 0.15) is 5.75 Å². The lowest BCUT2D eigenvalue weighted by molar-refractivity contribution is 0.471. The quantitative estimate of drug-likeness (QED) is 0.339. The predicted molar refractivity (Wildman–Crippen MR) is 123 cm³/mol. The van der Waals surface area contributed by atoms with Gasteiger partial charge in [0.25, 0.3) is 0 Å². The van der Waals surface area contributed by atoms with Gasteiger partial charge in [0.2, 0.25) is 17.8 Å². The predicted octanol–water partition coefficient (Wildman–Crippen LogP) is 4.78. The van der Waals surface area contributed by atoms with Crippen LogP contribution in [0.4, 0.5) is 23.5 Å². The van der Waals surface area contributed by atoms with Crippen molar-refractivity contribution < 1.29 is 5.11 Å². The molecule has 2 heterocycles. The summed E-state index contributed by atoms with van der Waals surface area (Å²) in [5, 5.41) is 18.0. The van der Waals surface area contributed by atoms with Crippen LogP contribution in [0.3, 0.4) is 0 Å². The average Bonchev–Trinajstić information content (AvgIpc) is 3.27. The number of phenols is 1. The smallest absolute Gasteiger partial charge is 0.250 e. The van der Waals surface area contributed by atoms with Crippen LogP contribution in [0.2, 0.25) is 5.02 Å². The van der Waals surface area contributed by atoms with E-state index in [0.717, 1.165) is 31.6 Å². The van der Waals surface area contributed by atoms with Crippen LogP contribution in [0, 0.1) is 0 Å². The molecule has 0 aliphatic carbocycles. The molecular formula is C20H19BrClN7O. The second kappa shape index (κ2) is 9.27. The summed E-state index contributed by atoms with van der Waals surface area (Å²) < 4.78 is 0.488.